The summed E-state index contributed by atoms with van der Waals surface area (Å²) in [7, 11) is 0. The number of nitrogens with zero attached hydrogens (tertiary/aromatic N) is 3. The second-order valence-electron chi connectivity index (χ2n) is 13.2. The first-order valence-electron chi connectivity index (χ1n) is 17.3. The van der Waals surface area contributed by atoms with Gasteiger partial charge in [-0.05, 0) is 69.1 Å². The molecular weight excluding hydrogens is 639 g/mol. The van der Waals surface area contributed by atoms with Crippen LogP contribution in [0.4, 0.5) is 0 Å². The normalized spacial score (nSPS) is 11.8. The lowest BCUT2D eigenvalue weighted by Gasteiger charge is -2.12. The van der Waals surface area contributed by atoms with E-state index in [1.807, 2.05) is 54.6 Å². The monoisotopic (exact) mass is 665 g/mol. The summed E-state index contributed by atoms with van der Waals surface area (Å²) in [5.74, 6) is 1.73. The molecule has 0 radical (unpaired) electrons. The van der Waals surface area contributed by atoms with Crippen molar-refractivity contribution in [2.75, 3.05) is 0 Å². The maximum atomic E-state index is 6.50. The van der Waals surface area contributed by atoms with Crippen molar-refractivity contribution < 1.29 is 8.83 Å². The molecule has 11 rings (SSSR count). The van der Waals surface area contributed by atoms with E-state index in [9.17, 15) is 0 Å². The molecule has 0 amide bonds. The highest BCUT2D eigenvalue weighted by atomic mass is 16.3. The van der Waals surface area contributed by atoms with Crippen molar-refractivity contribution in [3.05, 3.63) is 164 Å². The maximum absolute atomic E-state index is 6.50. The predicted octanol–water partition coefficient (Wildman–Crippen LogP) is 12.6. The highest BCUT2D eigenvalue weighted by Gasteiger charge is 2.21. The number of benzene rings is 8. The van der Waals surface area contributed by atoms with Crippen molar-refractivity contribution in [3.63, 3.8) is 0 Å². The predicted molar refractivity (Wildman–Crippen MR) is 211 cm³/mol. The number of furan rings is 2. The molecule has 0 N–H and O–H groups in total. The van der Waals surface area contributed by atoms with E-state index in [1.165, 1.54) is 16.2 Å². The fourth-order valence-electron chi connectivity index (χ4n) is 7.69. The lowest BCUT2D eigenvalue weighted by Crippen LogP contribution is -2.01. The molecule has 0 aliphatic carbocycles. The Bertz CT molecular complexity index is 3190. The molecule has 0 unspecified atom stereocenters. The van der Waals surface area contributed by atoms with Gasteiger partial charge in [-0.2, -0.15) is 0 Å². The fraction of sp³-hybridized carbons (Fsp3) is 0. The van der Waals surface area contributed by atoms with Crippen LogP contribution >= 0.6 is 0 Å². The molecule has 242 valence electrons. The van der Waals surface area contributed by atoms with Crippen LogP contribution in [0.1, 0.15) is 0 Å². The topological polar surface area (TPSA) is 65.0 Å². The standard InChI is InChI=1S/C47H27N3O2/c1-2-11-28(12-3-1)32-26-38(44-36-16-7-9-19-40(36)52-42(44)27-32)47-49-45(31-23-24-34-30(25-31)22-21-29-13-4-5-14-33(29)34)48-46(50-47)37-17-10-20-41-43(37)35-15-6-8-18-39(35)51-41/h1-27H. The average molecular weight is 666 g/mol. The zero-order valence-electron chi connectivity index (χ0n) is 27.7. The molecule has 3 heterocycles. The summed E-state index contributed by atoms with van der Waals surface area (Å²) in [4.78, 5) is 15.8. The number of hydrogen-bond acceptors (Lipinski definition) is 5. The van der Waals surface area contributed by atoms with E-state index in [-0.39, 0.29) is 0 Å². The summed E-state index contributed by atoms with van der Waals surface area (Å²) in [5, 5.41) is 8.71. The van der Waals surface area contributed by atoms with Crippen molar-refractivity contribution >= 4 is 65.4 Å². The van der Waals surface area contributed by atoms with E-state index in [1.54, 1.807) is 0 Å². The van der Waals surface area contributed by atoms with Gasteiger partial charge in [-0.25, -0.2) is 15.0 Å². The van der Waals surface area contributed by atoms with Gasteiger partial charge in [0.25, 0.3) is 0 Å². The van der Waals surface area contributed by atoms with Crippen molar-refractivity contribution in [3.8, 4) is 45.3 Å². The third-order valence-corrected chi connectivity index (χ3v) is 10.1. The SMILES string of the molecule is c1ccc(-c2cc(-c3nc(-c4ccc5c(ccc6ccccc65)c4)nc(-c4cccc5oc6ccccc6c45)n3)c3c(c2)oc2ccccc23)cc1. The van der Waals surface area contributed by atoms with Crippen LogP contribution in [0.15, 0.2) is 173 Å². The summed E-state index contributed by atoms with van der Waals surface area (Å²) in [5.41, 5.74) is 7.97. The smallest absolute Gasteiger partial charge is 0.164 e. The first-order valence-corrected chi connectivity index (χ1v) is 17.3. The van der Waals surface area contributed by atoms with Gasteiger partial charge in [0.1, 0.15) is 22.3 Å². The van der Waals surface area contributed by atoms with Gasteiger partial charge in [-0.15, -0.1) is 0 Å². The zero-order valence-corrected chi connectivity index (χ0v) is 27.7. The van der Waals surface area contributed by atoms with Crippen LogP contribution in [0, 0.1) is 0 Å². The van der Waals surface area contributed by atoms with Crippen LogP contribution in [-0.2, 0) is 0 Å². The van der Waals surface area contributed by atoms with Gasteiger partial charge in [0, 0.05) is 38.2 Å². The minimum atomic E-state index is 0.567. The third-order valence-electron chi connectivity index (χ3n) is 10.1. The van der Waals surface area contributed by atoms with Crippen molar-refractivity contribution in [2.24, 2.45) is 0 Å². The molecule has 5 heteroatoms. The summed E-state index contributed by atoms with van der Waals surface area (Å²) in [6.45, 7) is 0. The minimum absolute atomic E-state index is 0.567. The first-order chi connectivity index (χ1) is 25.7. The molecule has 0 saturated carbocycles. The molecule has 0 bridgehead atoms. The molecule has 11 aromatic rings. The largest absolute Gasteiger partial charge is 0.456 e. The summed E-state index contributed by atoms with van der Waals surface area (Å²) in [6.07, 6.45) is 0. The van der Waals surface area contributed by atoms with Gasteiger partial charge in [0.2, 0.25) is 0 Å². The average Bonchev–Trinajstić information content (AvgIpc) is 3.79. The van der Waals surface area contributed by atoms with E-state index in [2.05, 4.69) is 109 Å². The molecule has 0 spiro atoms. The molecule has 3 aromatic heterocycles. The van der Waals surface area contributed by atoms with Crippen molar-refractivity contribution in [1.29, 1.82) is 0 Å². The Morgan fingerprint density at radius 3 is 1.71 bits per heavy atom. The molecule has 0 fully saturated rings. The fourth-order valence-corrected chi connectivity index (χ4v) is 7.69. The third kappa shape index (κ3) is 4.46. The van der Waals surface area contributed by atoms with Crippen molar-refractivity contribution in [1.82, 2.24) is 15.0 Å². The molecule has 0 aliphatic heterocycles. The lowest BCUT2D eigenvalue weighted by atomic mass is 9.98. The Hall–Kier alpha value is -7.11. The van der Waals surface area contributed by atoms with Gasteiger partial charge in [0.05, 0.1) is 0 Å². The Morgan fingerprint density at radius 2 is 0.904 bits per heavy atom. The second-order valence-corrected chi connectivity index (χ2v) is 13.2. The summed E-state index contributed by atoms with van der Waals surface area (Å²) >= 11 is 0. The number of fused-ring (bicyclic) bond motifs is 9. The molecule has 0 saturated heterocycles. The van der Waals surface area contributed by atoms with E-state index < -0.39 is 0 Å². The molecule has 5 nitrogen and oxygen atoms in total. The maximum Gasteiger partial charge on any atom is 0.164 e. The van der Waals surface area contributed by atoms with Gasteiger partial charge in [0.15, 0.2) is 17.5 Å². The summed E-state index contributed by atoms with van der Waals surface area (Å²) in [6, 6.07) is 56.3. The molecule has 8 aromatic carbocycles. The highest BCUT2D eigenvalue weighted by Crippen LogP contribution is 2.41. The van der Waals surface area contributed by atoms with E-state index in [4.69, 9.17) is 23.8 Å². The molecule has 0 aliphatic rings. The van der Waals surface area contributed by atoms with Gasteiger partial charge >= 0.3 is 0 Å². The Morgan fingerprint density at radius 1 is 0.308 bits per heavy atom. The second kappa shape index (κ2) is 11.2. The molecule has 52 heavy (non-hydrogen) atoms. The summed E-state index contributed by atoms with van der Waals surface area (Å²) < 4.78 is 12.8. The zero-order chi connectivity index (χ0) is 34.2. The van der Waals surface area contributed by atoms with Gasteiger partial charge in [-0.1, -0.05) is 127 Å². The lowest BCUT2D eigenvalue weighted by molar-refractivity contribution is 0.668. The van der Waals surface area contributed by atoms with Crippen LogP contribution in [0.25, 0.3) is 111 Å². The number of hydrogen-bond donors (Lipinski definition) is 0. The minimum Gasteiger partial charge on any atom is -0.456 e. The first kappa shape index (κ1) is 28.7. The van der Waals surface area contributed by atoms with E-state index in [0.29, 0.717) is 17.5 Å². The Kier molecular flexibility index (Phi) is 6.18. The number of para-hydroxylation sites is 2. The van der Waals surface area contributed by atoms with Crippen LogP contribution in [0.5, 0.6) is 0 Å². The number of rotatable bonds is 4. The Balaban J connectivity index is 1.22. The van der Waals surface area contributed by atoms with E-state index in [0.717, 1.165) is 77.1 Å². The van der Waals surface area contributed by atoms with Gasteiger partial charge < -0.3 is 8.83 Å². The highest BCUT2D eigenvalue weighted by molar-refractivity contribution is 6.14. The quantitative estimate of drug-likeness (QED) is 0.175. The molecular formula is C47H27N3O2. The molecule has 0 atom stereocenters. The van der Waals surface area contributed by atoms with Crippen LogP contribution in [0.2, 0.25) is 0 Å². The van der Waals surface area contributed by atoms with Gasteiger partial charge in [-0.3, -0.25) is 0 Å². The van der Waals surface area contributed by atoms with Crippen LogP contribution < -0.4 is 0 Å². The Labute approximate surface area is 297 Å². The van der Waals surface area contributed by atoms with Crippen molar-refractivity contribution in [2.45, 2.75) is 0 Å². The van der Waals surface area contributed by atoms with Crippen LogP contribution in [-0.4, -0.2) is 15.0 Å². The van der Waals surface area contributed by atoms with E-state index >= 15 is 0 Å². The number of aromatic nitrogens is 3. The van der Waals surface area contributed by atoms with Crippen LogP contribution in [0.3, 0.4) is 0 Å².